The number of nitrogens with one attached hydrogen (secondary N) is 1. The molecule has 1 heterocycles. The summed E-state index contributed by atoms with van der Waals surface area (Å²) in [6, 6.07) is -1.20. The van der Waals surface area contributed by atoms with Crippen molar-refractivity contribution in [3.8, 4) is 0 Å². The summed E-state index contributed by atoms with van der Waals surface area (Å²) in [5.41, 5.74) is -0.699. The number of aliphatic carboxylic acids is 1. The van der Waals surface area contributed by atoms with E-state index in [-0.39, 0.29) is 13.0 Å². The van der Waals surface area contributed by atoms with Crippen LogP contribution in [0.3, 0.4) is 0 Å². The van der Waals surface area contributed by atoms with Crippen LogP contribution in [0.1, 0.15) is 27.2 Å². The molecule has 0 unspecified atom stereocenters. The van der Waals surface area contributed by atoms with E-state index in [4.69, 9.17) is 5.11 Å². The van der Waals surface area contributed by atoms with Crippen molar-refractivity contribution in [1.29, 1.82) is 0 Å². The summed E-state index contributed by atoms with van der Waals surface area (Å²) in [6.45, 7) is 4.79. The fourth-order valence-corrected chi connectivity index (χ4v) is 3.49. The van der Waals surface area contributed by atoms with Crippen molar-refractivity contribution in [2.45, 2.75) is 44.9 Å². The van der Waals surface area contributed by atoms with Gasteiger partial charge in [-0.2, -0.15) is 17.4 Å². The maximum Gasteiger partial charge on any atom is 0.322 e. The molecule has 0 bridgehead atoms. The Balaban J connectivity index is 2.94. The molecule has 0 aliphatic carbocycles. The Morgan fingerprint density at radius 2 is 1.94 bits per heavy atom. The predicted molar refractivity (Wildman–Crippen MR) is 60.6 cm³/mol. The largest absolute Gasteiger partial charge is 0.480 e. The Morgan fingerprint density at radius 3 is 2.35 bits per heavy atom. The Hall–Kier alpha value is -0.700. The average molecular weight is 266 g/mol. The van der Waals surface area contributed by atoms with Crippen LogP contribution in [0.15, 0.2) is 0 Å². The van der Waals surface area contributed by atoms with Crippen molar-refractivity contribution in [3.05, 3.63) is 0 Å². The first kappa shape index (κ1) is 14.4. The molecule has 2 atom stereocenters. The van der Waals surface area contributed by atoms with Crippen LogP contribution in [0.4, 0.5) is 0 Å². The van der Waals surface area contributed by atoms with Gasteiger partial charge in [0.2, 0.25) is 0 Å². The monoisotopic (exact) mass is 266 g/mol. The fourth-order valence-electron chi connectivity index (χ4n) is 1.72. The van der Waals surface area contributed by atoms with E-state index in [1.807, 2.05) is 0 Å². The highest BCUT2D eigenvalue weighted by atomic mass is 32.2. The zero-order valence-electron chi connectivity index (χ0n) is 10.0. The molecule has 1 saturated heterocycles. The minimum Gasteiger partial charge on any atom is -0.480 e. The van der Waals surface area contributed by atoms with Gasteiger partial charge in [-0.25, -0.2) is 0 Å². The first-order chi connectivity index (χ1) is 7.53. The smallest absolute Gasteiger partial charge is 0.322 e. The van der Waals surface area contributed by atoms with E-state index in [2.05, 4.69) is 4.72 Å². The number of hydrogen-bond acceptors (Lipinski definition) is 4. The van der Waals surface area contributed by atoms with Crippen LogP contribution in [0, 0.1) is 0 Å². The van der Waals surface area contributed by atoms with Crippen LogP contribution in [0.5, 0.6) is 0 Å². The minimum atomic E-state index is -3.90. The number of carboxylic acid groups (broad SMARTS) is 1. The second-order valence-corrected chi connectivity index (χ2v) is 6.79. The summed E-state index contributed by atoms with van der Waals surface area (Å²) in [5, 5.41) is 18.3. The van der Waals surface area contributed by atoms with Gasteiger partial charge >= 0.3 is 5.97 Å². The van der Waals surface area contributed by atoms with Crippen LogP contribution in [0.2, 0.25) is 0 Å². The van der Waals surface area contributed by atoms with Crippen molar-refractivity contribution in [2.75, 3.05) is 6.54 Å². The highest BCUT2D eigenvalue weighted by Gasteiger charge is 2.43. The molecule has 0 aromatic carbocycles. The molecule has 100 valence electrons. The van der Waals surface area contributed by atoms with Crippen LogP contribution >= 0.6 is 0 Å². The van der Waals surface area contributed by atoms with Gasteiger partial charge in [-0.1, -0.05) is 0 Å². The Morgan fingerprint density at radius 1 is 1.41 bits per heavy atom. The van der Waals surface area contributed by atoms with Gasteiger partial charge in [0.25, 0.3) is 10.2 Å². The lowest BCUT2D eigenvalue weighted by Gasteiger charge is -2.27. The van der Waals surface area contributed by atoms with Crippen molar-refractivity contribution in [3.63, 3.8) is 0 Å². The Kier molecular flexibility index (Phi) is 3.82. The second kappa shape index (κ2) is 4.52. The summed E-state index contributed by atoms with van der Waals surface area (Å²) in [5.74, 6) is -1.25. The van der Waals surface area contributed by atoms with E-state index in [9.17, 15) is 18.3 Å². The zero-order valence-corrected chi connectivity index (χ0v) is 10.9. The fraction of sp³-hybridized carbons (Fsp3) is 0.889. The Bertz CT molecular complexity index is 400. The molecule has 1 aliphatic rings. The van der Waals surface area contributed by atoms with Crippen LogP contribution < -0.4 is 4.72 Å². The standard InChI is InChI=1S/C9H18N2O5S/c1-9(2,3)10-17(15,16)11-5-6(12)4-7(11)8(13)14/h6-7,10,12H,4-5H2,1-3H3,(H,13,14)/t6-,7-/m1/s1. The summed E-state index contributed by atoms with van der Waals surface area (Å²) >= 11 is 0. The molecular weight excluding hydrogens is 248 g/mol. The molecular formula is C9H18N2O5S. The molecule has 8 heteroatoms. The molecule has 0 aromatic rings. The van der Waals surface area contributed by atoms with Gasteiger partial charge in [-0.15, -0.1) is 0 Å². The molecule has 1 rings (SSSR count). The van der Waals surface area contributed by atoms with E-state index >= 15 is 0 Å². The van der Waals surface area contributed by atoms with E-state index in [0.29, 0.717) is 0 Å². The number of rotatable bonds is 3. The number of nitrogens with zero attached hydrogens (tertiary/aromatic N) is 1. The molecule has 7 nitrogen and oxygen atoms in total. The molecule has 17 heavy (non-hydrogen) atoms. The van der Waals surface area contributed by atoms with Crippen LogP contribution in [0.25, 0.3) is 0 Å². The maximum absolute atomic E-state index is 11.9. The average Bonchev–Trinajstić information content (AvgIpc) is 2.43. The van der Waals surface area contributed by atoms with E-state index < -0.39 is 33.9 Å². The van der Waals surface area contributed by atoms with Crippen LogP contribution in [-0.2, 0) is 15.0 Å². The van der Waals surface area contributed by atoms with Crippen molar-refractivity contribution < 1.29 is 23.4 Å². The molecule has 3 N–H and O–H groups in total. The second-order valence-electron chi connectivity index (χ2n) is 5.17. The summed E-state index contributed by atoms with van der Waals surface area (Å²) in [4.78, 5) is 10.9. The lowest BCUT2D eigenvalue weighted by Crippen LogP contribution is -2.52. The SMILES string of the molecule is CC(C)(C)NS(=O)(=O)N1C[C@H](O)C[C@@H]1C(=O)O. The molecule has 0 amide bonds. The van der Waals surface area contributed by atoms with Crippen molar-refractivity contribution in [1.82, 2.24) is 9.03 Å². The number of hydrogen-bond donors (Lipinski definition) is 3. The summed E-state index contributed by atoms with van der Waals surface area (Å²) in [6.07, 6.45) is -1.02. The number of β-amino-alcohol motifs (C(OH)–C–C–N with tert-alkyl or cyclic N) is 1. The number of carbonyl (C=O) groups is 1. The van der Waals surface area contributed by atoms with E-state index in [1.165, 1.54) is 0 Å². The Labute approximate surface area is 101 Å². The third-order valence-electron chi connectivity index (χ3n) is 2.26. The third-order valence-corrected chi connectivity index (χ3v) is 4.15. The van der Waals surface area contributed by atoms with Crippen LogP contribution in [-0.4, -0.2) is 53.1 Å². The molecule has 0 aromatic heterocycles. The topological polar surface area (TPSA) is 107 Å². The van der Waals surface area contributed by atoms with E-state index in [1.54, 1.807) is 20.8 Å². The first-order valence-electron chi connectivity index (χ1n) is 5.24. The highest BCUT2D eigenvalue weighted by Crippen LogP contribution is 2.22. The predicted octanol–water partition coefficient (Wildman–Crippen LogP) is -0.861. The van der Waals surface area contributed by atoms with Gasteiger partial charge < -0.3 is 10.2 Å². The first-order valence-corrected chi connectivity index (χ1v) is 6.68. The third kappa shape index (κ3) is 3.63. The number of carboxylic acids is 1. The number of aliphatic hydroxyl groups is 1. The van der Waals surface area contributed by atoms with Gasteiger partial charge in [-0.05, 0) is 20.8 Å². The summed E-state index contributed by atoms with van der Waals surface area (Å²) in [7, 11) is -3.90. The molecule has 1 fully saturated rings. The van der Waals surface area contributed by atoms with Gasteiger partial charge in [0.05, 0.1) is 6.10 Å². The minimum absolute atomic E-state index is 0.0830. The van der Waals surface area contributed by atoms with Gasteiger partial charge in [-0.3, -0.25) is 4.79 Å². The normalized spacial score (nSPS) is 27.3. The molecule has 1 aliphatic heterocycles. The quantitative estimate of drug-likeness (QED) is 0.616. The van der Waals surface area contributed by atoms with Crippen molar-refractivity contribution in [2.24, 2.45) is 0 Å². The number of aliphatic hydroxyl groups excluding tert-OH is 1. The van der Waals surface area contributed by atoms with Crippen molar-refractivity contribution >= 4 is 16.2 Å². The maximum atomic E-state index is 11.9. The van der Waals surface area contributed by atoms with Gasteiger partial charge in [0.15, 0.2) is 0 Å². The molecule has 0 radical (unpaired) electrons. The van der Waals surface area contributed by atoms with Gasteiger partial charge in [0.1, 0.15) is 6.04 Å². The summed E-state index contributed by atoms with van der Waals surface area (Å²) < 4.78 is 27.1. The van der Waals surface area contributed by atoms with Gasteiger partial charge in [0, 0.05) is 18.5 Å². The molecule has 0 spiro atoms. The van der Waals surface area contributed by atoms with E-state index in [0.717, 1.165) is 4.31 Å². The molecule has 0 saturated carbocycles. The highest BCUT2D eigenvalue weighted by molar-refractivity contribution is 7.87. The lowest BCUT2D eigenvalue weighted by molar-refractivity contribution is -0.140. The lowest BCUT2D eigenvalue weighted by atomic mass is 10.1. The zero-order chi connectivity index (χ0) is 13.4.